The molecule has 150 valence electrons. The van der Waals surface area contributed by atoms with E-state index in [1.807, 2.05) is 0 Å². The summed E-state index contributed by atoms with van der Waals surface area (Å²) in [5.41, 5.74) is 1.43. The number of hydrogen-bond acceptors (Lipinski definition) is 8. The van der Waals surface area contributed by atoms with Crippen LogP contribution >= 0.6 is 0 Å². The van der Waals surface area contributed by atoms with E-state index in [1.54, 1.807) is 30.4 Å². The zero-order valence-electron chi connectivity index (χ0n) is 15.3. The van der Waals surface area contributed by atoms with E-state index in [0.29, 0.717) is 36.6 Å². The molecule has 28 heavy (non-hydrogen) atoms. The Morgan fingerprint density at radius 3 is 2.86 bits per heavy atom. The molecule has 0 saturated carbocycles. The second kappa shape index (κ2) is 9.64. The first-order chi connectivity index (χ1) is 13.6. The average Bonchev–Trinajstić information content (AvgIpc) is 2.68. The minimum atomic E-state index is -1.11. The van der Waals surface area contributed by atoms with Crippen molar-refractivity contribution in [1.82, 2.24) is 10.6 Å². The Bertz CT molecular complexity index is 807. The fourth-order valence-corrected chi connectivity index (χ4v) is 2.87. The van der Waals surface area contributed by atoms with Gasteiger partial charge in [-0.3, -0.25) is 20.6 Å². The number of fused-ring (bicyclic) bond motifs is 4. The standard InChI is InChI=1S/C18H24N6O4/c25-17-12-20-10-14-5-2-6-16(24(14)28)18(26)21-8-7-19-9-13-3-1-4-15(11-22-17)23(13)27/h1,3-6,9-10,17-18,21-22,24-26H,2,7-8,11-12H2. The lowest BCUT2D eigenvalue weighted by atomic mass is 10.2. The molecular weight excluding hydrogens is 364 g/mol. The number of pyridine rings is 1. The fourth-order valence-electron chi connectivity index (χ4n) is 2.87. The number of aliphatic imine (C=N–C) groups is 2. The molecule has 0 aliphatic carbocycles. The number of aliphatic hydroxyl groups is 2. The van der Waals surface area contributed by atoms with E-state index < -0.39 is 12.5 Å². The summed E-state index contributed by atoms with van der Waals surface area (Å²) in [6.45, 7) is 0.834. The Morgan fingerprint density at radius 1 is 1.14 bits per heavy atom. The van der Waals surface area contributed by atoms with Crippen molar-refractivity contribution in [2.24, 2.45) is 9.98 Å². The molecule has 2 aliphatic heterocycles. The molecule has 3 heterocycles. The first kappa shape index (κ1) is 20.3. The van der Waals surface area contributed by atoms with E-state index in [-0.39, 0.29) is 23.8 Å². The van der Waals surface area contributed by atoms with E-state index in [2.05, 4.69) is 20.6 Å². The first-order valence-electron chi connectivity index (χ1n) is 9.05. The van der Waals surface area contributed by atoms with Crippen molar-refractivity contribution in [3.05, 3.63) is 63.5 Å². The number of hydrogen-bond donors (Lipinski definition) is 5. The quantitative estimate of drug-likeness (QED) is 0.250. The van der Waals surface area contributed by atoms with E-state index in [9.17, 15) is 20.6 Å². The van der Waals surface area contributed by atoms with Gasteiger partial charge in [0.1, 0.15) is 11.9 Å². The van der Waals surface area contributed by atoms with Crippen molar-refractivity contribution in [2.75, 3.05) is 19.6 Å². The number of nitrogens with one attached hydrogen (secondary N) is 3. The van der Waals surface area contributed by atoms with Crippen molar-refractivity contribution >= 4 is 12.4 Å². The molecule has 10 nitrogen and oxygen atoms in total. The summed E-state index contributed by atoms with van der Waals surface area (Å²) in [5.74, 6) is 0. The van der Waals surface area contributed by atoms with Gasteiger partial charge in [0.05, 0.1) is 32.1 Å². The molecule has 0 aromatic carbocycles. The number of allylic oxidation sites excluding steroid dienone is 3. The molecule has 0 radical (unpaired) electrons. The number of aliphatic hydroxyl groups excluding tert-OH is 2. The van der Waals surface area contributed by atoms with Gasteiger partial charge in [-0.15, -0.1) is 0 Å². The molecule has 5 N–H and O–H groups in total. The van der Waals surface area contributed by atoms with Crippen molar-refractivity contribution in [2.45, 2.75) is 25.4 Å². The minimum absolute atomic E-state index is 0.0183. The SMILES string of the molecule is [O-][n+]1c2cccc1CNC(O)CN=CC1=CCC=C(C(O)NCCN=C2)[NH+]1[O-]. The topological polar surface area (TPSA) is 144 Å². The molecule has 2 aliphatic rings. The van der Waals surface area contributed by atoms with Crippen molar-refractivity contribution in [3.63, 3.8) is 0 Å². The van der Waals surface area contributed by atoms with Crippen LogP contribution in [0.1, 0.15) is 17.8 Å². The highest BCUT2D eigenvalue weighted by atomic mass is 16.5. The van der Waals surface area contributed by atoms with Gasteiger partial charge in [-0.2, -0.15) is 4.73 Å². The zero-order chi connectivity index (χ0) is 19.9. The summed E-state index contributed by atoms with van der Waals surface area (Å²) >= 11 is 0. The van der Waals surface area contributed by atoms with E-state index >= 15 is 0 Å². The number of nitrogens with zero attached hydrogens (tertiary/aromatic N) is 3. The van der Waals surface area contributed by atoms with Gasteiger partial charge in [0, 0.05) is 18.7 Å². The summed E-state index contributed by atoms with van der Waals surface area (Å²) in [7, 11) is 0. The molecule has 0 saturated heterocycles. The first-order valence-corrected chi connectivity index (χ1v) is 9.05. The van der Waals surface area contributed by atoms with Gasteiger partial charge in [-0.1, -0.05) is 0 Å². The fraction of sp³-hybridized carbons (Fsp3) is 0.389. The van der Waals surface area contributed by atoms with Crippen LogP contribution in [0.15, 0.2) is 51.7 Å². The van der Waals surface area contributed by atoms with Gasteiger partial charge in [0.15, 0.2) is 11.9 Å². The zero-order valence-corrected chi connectivity index (χ0v) is 15.3. The summed E-state index contributed by atoms with van der Waals surface area (Å²) in [4.78, 5) is 8.29. The van der Waals surface area contributed by atoms with Crippen LogP contribution in [0.3, 0.4) is 0 Å². The number of aromatic nitrogens is 1. The third kappa shape index (κ3) is 5.07. The van der Waals surface area contributed by atoms with Crippen molar-refractivity contribution in [3.8, 4) is 0 Å². The van der Waals surface area contributed by atoms with E-state index in [4.69, 9.17) is 0 Å². The molecule has 0 spiro atoms. The second-order valence-electron chi connectivity index (χ2n) is 6.40. The summed E-state index contributed by atoms with van der Waals surface area (Å²) in [6.07, 6.45) is 4.66. The van der Waals surface area contributed by atoms with Crippen LogP contribution in [0.4, 0.5) is 0 Å². The third-order valence-corrected chi connectivity index (χ3v) is 4.38. The van der Waals surface area contributed by atoms with Crippen LogP contribution in [-0.4, -0.2) is 54.7 Å². The van der Waals surface area contributed by atoms with Crippen LogP contribution in [0.2, 0.25) is 0 Å². The predicted octanol–water partition coefficient (Wildman–Crippen LogP) is -2.31. The van der Waals surface area contributed by atoms with Crippen LogP contribution in [0, 0.1) is 10.4 Å². The van der Waals surface area contributed by atoms with Crippen molar-refractivity contribution in [1.29, 1.82) is 0 Å². The van der Waals surface area contributed by atoms with E-state index in [1.165, 1.54) is 12.4 Å². The monoisotopic (exact) mass is 388 g/mol. The van der Waals surface area contributed by atoms with Gasteiger partial charge in [-0.05, 0) is 24.6 Å². The Morgan fingerprint density at radius 2 is 2.00 bits per heavy atom. The van der Waals surface area contributed by atoms with Gasteiger partial charge in [-0.25, -0.2) is 0 Å². The third-order valence-electron chi connectivity index (χ3n) is 4.38. The largest absolute Gasteiger partial charge is 0.623 e. The van der Waals surface area contributed by atoms with Gasteiger partial charge in [0.2, 0.25) is 11.4 Å². The lowest BCUT2D eigenvalue weighted by Gasteiger charge is -2.30. The highest BCUT2D eigenvalue weighted by Gasteiger charge is 2.22. The number of rotatable bonds is 0. The molecule has 4 bridgehead atoms. The molecule has 10 heteroatoms. The van der Waals surface area contributed by atoms with Crippen LogP contribution in [0.25, 0.3) is 0 Å². The molecule has 3 rings (SSSR count). The molecule has 0 fully saturated rings. The molecule has 3 unspecified atom stereocenters. The van der Waals surface area contributed by atoms with Gasteiger partial charge >= 0.3 is 0 Å². The molecular formula is C18H24N6O4. The maximum atomic E-state index is 12.5. The number of hydroxylamine groups is 2. The predicted molar refractivity (Wildman–Crippen MR) is 103 cm³/mol. The second-order valence-corrected chi connectivity index (χ2v) is 6.40. The van der Waals surface area contributed by atoms with Crippen LogP contribution in [0.5, 0.6) is 0 Å². The Hall–Kier alpha value is -2.47. The number of quaternary nitrogens is 1. The minimum Gasteiger partial charge on any atom is -0.623 e. The van der Waals surface area contributed by atoms with Gasteiger partial charge in [0.25, 0.3) is 0 Å². The lowest BCUT2D eigenvalue weighted by molar-refractivity contribution is -0.762. The summed E-state index contributed by atoms with van der Waals surface area (Å²) in [6, 6.07) is 5.03. The highest BCUT2D eigenvalue weighted by molar-refractivity contribution is 5.76. The summed E-state index contributed by atoms with van der Waals surface area (Å²) in [5, 5.41) is 50.5. The molecule has 0 amide bonds. The normalized spacial score (nSPS) is 26.8. The summed E-state index contributed by atoms with van der Waals surface area (Å²) < 4.78 is 0.747. The van der Waals surface area contributed by atoms with Crippen molar-refractivity contribution < 1.29 is 20.0 Å². The maximum absolute atomic E-state index is 12.5. The van der Waals surface area contributed by atoms with E-state index in [0.717, 1.165) is 4.73 Å². The Kier molecular flexibility index (Phi) is 6.98. The van der Waals surface area contributed by atoms with Gasteiger partial charge < -0.3 is 25.7 Å². The Balaban J connectivity index is 1.79. The highest BCUT2D eigenvalue weighted by Crippen LogP contribution is 2.04. The Labute approximate surface area is 162 Å². The molecule has 1 aromatic heterocycles. The maximum Gasteiger partial charge on any atom is 0.234 e. The lowest BCUT2D eigenvalue weighted by Crippen LogP contribution is -3.05. The van der Waals surface area contributed by atoms with Crippen LogP contribution in [-0.2, 0) is 6.54 Å². The smallest absolute Gasteiger partial charge is 0.234 e. The van der Waals surface area contributed by atoms with Crippen LogP contribution < -0.4 is 20.4 Å². The molecule has 3 atom stereocenters. The average molecular weight is 388 g/mol. The molecule has 1 aromatic rings.